The van der Waals surface area contributed by atoms with Gasteiger partial charge in [-0.1, -0.05) is 24.1 Å². The van der Waals surface area contributed by atoms with E-state index < -0.39 is 5.92 Å². The Morgan fingerprint density at radius 3 is 2.52 bits per heavy atom. The molecule has 1 heterocycles. The monoisotopic (exact) mass is 288 g/mol. The number of carbonyl (C=O) groups is 2. The zero-order valence-electron chi connectivity index (χ0n) is 13.1. The first kappa shape index (κ1) is 15.5. The summed E-state index contributed by atoms with van der Waals surface area (Å²) in [6, 6.07) is 7.96. The zero-order valence-corrected chi connectivity index (χ0v) is 13.1. The molecule has 0 bridgehead atoms. The van der Waals surface area contributed by atoms with E-state index in [4.69, 9.17) is 0 Å². The third-order valence-corrected chi connectivity index (χ3v) is 3.78. The molecule has 4 nitrogen and oxygen atoms in total. The number of rotatable bonds is 3. The maximum absolute atomic E-state index is 12.7. The van der Waals surface area contributed by atoms with E-state index in [1.165, 1.54) is 0 Å². The molecular formula is C17H24N2O2. The molecule has 0 aliphatic carbocycles. The van der Waals surface area contributed by atoms with Gasteiger partial charge in [0.2, 0.25) is 11.8 Å². The molecule has 1 aromatic carbocycles. The molecule has 1 aliphatic heterocycles. The van der Waals surface area contributed by atoms with Gasteiger partial charge in [-0.15, -0.1) is 0 Å². The van der Waals surface area contributed by atoms with Gasteiger partial charge in [0.15, 0.2) is 0 Å². The van der Waals surface area contributed by atoms with E-state index in [-0.39, 0.29) is 17.9 Å². The van der Waals surface area contributed by atoms with E-state index in [1.54, 1.807) is 4.90 Å². The van der Waals surface area contributed by atoms with Crippen molar-refractivity contribution in [1.29, 1.82) is 0 Å². The highest BCUT2D eigenvalue weighted by Crippen LogP contribution is 2.24. The molecule has 0 radical (unpaired) electrons. The fourth-order valence-corrected chi connectivity index (χ4v) is 2.65. The van der Waals surface area contributed by atoms with Gasteiger partial charge in [-0.2, -0.15) is 0 Å². The molecule has 0 spiro atoms. The molecule has 4 heteroatoms. The highest BCUT2D eigenvalue weighted by molar-refractivity contribution is 6.08. The molecule has 1 unspecified atom stereocenters. The SMILES string of the molecule is Cc1ccc(N2CCCCC(C(=O)NC(C)C)C2=O)cc1. The lowest BCUT2D eigenvalue weighted by molar-refractivity contribution is -0.134. The van der Waals surface area contributed by atoms with Crippen LogP contribution in [0.1, 0.15) is 38.7 Å². The summed E-state index contributed by atoms with van der Waals surface area (Å²) in [5.74, 6) is -0.778. The second kappa shape index (κ2) is 6.74. The summed E-state index contributed by atoms with van der Waals surface area (Å²) in [6.07, 6.45) is 2.48. The fourth-order valence-electron chi connectivity index (χ4n) is 2.65. The van der Waals surface area contributed by atoms with Crippen LogP contribution in [0.2, 0.25) is 0 Å². The fraction of sp³-hybridized carbons (Fsp3) is 0.529. The Hall–Kier alpha value is -1.84. The van der Waals surface area contributed by atoms with Gasteiger partial charge < -0.3 is 10.2 Å². The molecule has 1 aliphatic rings. The van der Waals surface area contributed by atoms with Crippen molar-refractivity contribution in [3.8, 4) is 0 Å². The van der Waals surface area contributed by atoms with Gasteiger partial charge in [0.25, 0.3) is 0 Å². The van der Waals surface area contributed by atoms with Gasteiger partial charge in [-0.05, 0) is 45.7 Å². The lowest BCUT2D eigenvalue weighted by atomic mass is 10.0. The number of hydrogen-bond donors (Lipinski definition) is 1. The van der Waals surface area contributed by atoms with E-state index >= 15 is 0 Å². The number of hydrogen-bond acceptors (Lipinski definition) is 2. The van der Waals surface area contributed by atoms with Crippen molar-refractivity contribution in [1.82, 2.24) is 5.32 Å². The van der Waals surface area contributed by atoms with Crippen molar-refractivity contribution in [2.45, 2.75) is 46.1 Å². The summed E-state index contributed by atoms with van der Waals surface area (Å²) in [7, 11) is 0. The standard InChI is InChI=1S/C17H24N2O2/c1-12(2)18-16(20)15-6-4-5-11-19(17(15)21)14-9-7-13(3)8-10-14/h7-10,12,15H,4-6,11H2,1-3H3,(H,18,20). The highest BCUT2D eigenvalue weighted by Gasteiger charge is 2.33. The van der Waals surface area contributed by atoms with Crippen LogP contribution in [0.15, 0.2) is 24.3 Å². The number of anilines is 1. The Balaban J connectivity index is 2.20. The van der Waals surface area contributed by atoms with Gasteiger partial charge in [-0.3, -0.25) is 9.59 Å². The molecule has 1 fully saturated rings. The van der Waals surface area contributed by atoms with Crippen LogP contribution < -0.4 is 10.2 Å². The van der Waals surface area contributed by atoms with Crippen LogP contribution in [0.3, 0.4) is 0 Å². The molecular weight excluding hydrogens is 264 g/mol. The Morgan fingerprint density at radius 1 is 1.24 bits per heavy atom. The first-order chi connectivity index (χ1) is 9.99. The minimum absolute atomic E-state index is 0.0568. The summed E-state index contributed by atoms with van der Waals surface area (Å²) in [5.41, 5.74) is 2.05. The van der Waals surface area contributed by atoms with Gasteiger partial charge in [0.1, 0.15) is 5.92 Å². The lowest BCUT2D eigenvalue weighted by Gasteiger charge is -2.24. The topological polar surface area (TPSA) is 49.4 Å². The summed E-state index contributed by atoms with van der Waals surface area (Å²) in [4.78, 5) is 26.7. The highest BCUT2D eigenvalue weighted by atomic mass is 16.2. The van der Waals surface area contributed by atoms with Crippen molar-refractivity contribution in [2.24, 2.45) is 5.92 Å². The number of benzene rings is 1. The van der Waals surface area contributed by atoms with E-state index in [0.717, 1.165) is 24.1 Å². The van der Waals surface area contributed by atoms with Crippen molar-refractivity contribution in [3.05, 3.63) is 29.8 Å². The normalized spacial score (nSPS) is 19.5. The molecule has 1 N–H and O–H groups in total. The van der Waals surface area contributed by atoms with E-state index in [0.29, 0.717) is 13.0 Å². The first-order valence-corrected chi connectivity index (χ1v) is 7.67. The maximum Gasteiger partial charge on any atom is 0.239 e. The van der Waals surface area contributed by atoms with Gasteiger partial charge in [-0.25, -0.2) is 0 Å². The Bertz CT molecular complexity index is 508. The molecule has 114 valence electrons. The van der Waals surface area contributed by atoms with Crippen molar-refractivity contribution in [3.63, 3.8) is 0 Å². The van der Waals surface area contributed by atoms with E-state index in [2.05, 4.69) is 5.32 Å². The second-order valence-electron chi connectivity index (χ2n) is 6.04. The average Bonchev–Trinajstić information content (AvgIpc) is 2.61. The molecule has 0 saturated carbocycles. The second-order valence-corrected chi connectivity index (χ2v) is 6.04. The van der Waals surface area contributed by atoms with Gasteiger partial charge in [0, 0.05) is 18.3 Å². The lowest BCUT2D eigenvalue weighted by Crippen LogP contribution is -2.44. The number of aryl methyl sites for hydroxylation is 1. The van der Waals surface area contributed by atoms with Gasteiger partial charge >= 0.3 is 0 Å². The Kier molecular flexibility index (Phi) is 4.99. The van der Waals surface area contributed by atoms with Crippen LogP contribution in [0.25, 0.3) is 0 Å². The van der Waals surface area contributed by atoms with Crippen LogP contribution in [-0.4, -0.2) is 24.4 Å². The van der Waals surface area contributed by atoms with Crippen molar-refractivity contribution in [2.75, 3.05) is 11.4 Å². The zero-order chi connectivity index (χ0) is 15.4. The smallest absolute Gasteiger partial charge is 0.239 e. The van der Waals surface area contributed by atoms with E-state index in [1.807, 2.05) is 45.0 Å². The summed E-state index contributed by atoms with van der Waals surface area (Å²) < 4.78 is 0. The quantitative estimate of drug-likeness (QED) is 0.869. The first-order valence-electron chi connectivity index (χ1n) is 7.67. The van der Waals surface area contributed by atoms with Crippen molar-refractivity contribution < 1.29 is 9.59 Å². The summed E-state index contributed by atoms with van der Waals surface area (Å²) in [6.45, 7) is 6.54. The molecule has 0 aromatic heterocycles. The molecule has 21 heavy (non-hydrogen) atoms. The third kappa shape index (κ3) is 3.84. The third-order valence-electron chi connectivity index (χ3n) is 3.78. The molecule has 1 atom stereocenters. The van der Waals surface area contributed by atoms with E-state index in [9.17, 15) is 9.59 Å². The molecule has 1 aromatic rings. The number of nitrogens with zero attached hydrogens (tertiary/aromatic N) is 1. The summed E-state index contributed by atoms with van der Waals surface area (Å²) >= 11 is 0. The minimum Gasteiger partial charge on any atom is -0.353 e. The Labute approximate surface area is 126 Å². The number of amides is 2. The van der Waals surface area contributed by atoms with Gasteiger partial charge in [0.05, 0.1) is 0 Å². The average molecular weight is 288 g/mol. The number of nitrogens with one attached hydrogen (secondary N) is 1. The van der Waals surface area contributed by atoms with Crippen molar-refractivity contribution >= 4 is 17.5 Å². The van der Waals surface area contributed by atoms with Crippen LogP contribution in [0, 0.1) is 12.8 Å². The largest absolute Gasteiger partial charge is 0.353 e. The minimum atomic E-state index is -0.559. The Morgan fingerprint density at radius 2 is 1.90 bits per heavy atom. The van der Waals surface area contributed by atoms with Crippen LogP contribution in [0.5, 0.6) is 0 Å². The van der Waals surface area contributed by atoms with Crippen LogP contribution in [0.4, 0.5) is 5.69 Å². The van der Waals surface area contributed by atoms with Crippen LogP contribution in [-0.2, 0) is 9.59 Å². The van der Waals surface area contributed by atoms with Crippen LogP contribution >= 0.6 is 0 Å². The predicted molar refractivity (Wildman–Crippen MR) is 84.2 cm³/mol. The summed E-state index contributed by atoms with van der Waals surface area (Å²) in [5, 5.41) is 2.87. The molecule has 2 rings (SSSR count). The molecule has 2 amide bonds. The molecule has 1 saturated heterocycles. The maximum atomic E-state index is 12.7. The number of carbonyl (C=O) groups excluding carboxylic acids is 2. The predicted octanol–water partition coefficient (Wildman–Crippen LogP) is 2.65.